The van der Waals surface area contributed by atoms with Crippen molar-refractivity contribution in [2.45, 2.75) is 18.9 Å². The number of anilines is 2. The molecule has 4 heterocycles. The smallest absolute Gasteiger partial charge is 0.407 e. The SMILES string of the molecule is O=C(Nc1cnn2ccc(N3CCCC3c3cc(F)ccc3Cl)nc12)C1CN(C(=O)O)C1. The number of fused-ring (bicyclic) bond motifs is 1. The molecule has 2 N–H and O–H groups in total. The third kappa shape index (κ3) is 3.60. The molecule has 2 amide bonds. The number of aromatic nitrogens is 3. The average molecular weight is 459 g/mol. The van der Waals surface area contributed by atoms with Crippen molar-refractivity contribution in [2.24, 2.45) is 5.92 Å². The van der Waals surface area contributed by atoms with Gasteiger partial charge in [-0.05, 0) is 42.7 Å². The highest BCUT2D eigenvalue weighted by molar-refractivity contribution is 6.31. The lowest BCUT2D eigenvalue weighted by molar-refractivity contribution is -0.123. The van der Waals surface area contributed by atoms with Gasteiger partial charge < -0.3 is 20.2 Å². The summed E-state index contributed by atoms with van der Waals surface area (Å²) in [5, 5.41) is 16.5. The number of nitrogens with one attached hydrogen (secondary N) is 1. The monoisotopic (exact) mass is 458 g/mol. The van der Waals surface area contributed by atoms with Crippen LogP contribution in [-0.4, -0.2) is 56.2 Å². The number of rotatable bonds is 4. The Bertz CT molecular complexity index is 1210. The van der Waals surface area contributed by atoms with Gasteiger partial charge in [-0.2, -0.15) is 5.10 Å². The van der Waals surface area contributed by atoms with Crippen LogP contribution in [-0.2, 0) is 4.79 Å². The predicted octanol–water partition coefficient (Wildman–Crippen LogP) is 3.41. The number of carbonyl (C=O) groups is 2. The standard InChI is InChI=1S/C21H20ClFN6O3/c22-15-4-3-13(23)8-14(15)17-2-1-6-28(17)18-5-7-29-19(26-18)16(9-24-29)25-20(30)12-10-27(11-12)21(31)32/h3-5,7-9,12,17H,1-2,6,10-11H2,(H,25,30)(H,31,32). The molecular weight excluding hydrogens is 439 g/mol. The van der Waals surface area contributed by atoms with Crippen LogP contribution in [0.25, 0.3) is 5.65 Å². The maximum atomic E-state index is 13.9. The summed E-state index contributed by atoms with van der Waals surface area (Å²) >= 11 is 6.35. The Kier molecular flexibility index (Phi) is 5.09. The van der Waals surface area contributed by atoms with Crippen LogP contribution in [0.4, 0.5) is 20.7 Å². The second-order valence-corrected chi connectivity index (χ2v) is 8.41. The van der Waals surface area contributed by atoms with Crippen molar-refractivity contribution in [3.63, 3.8) is 0 Å². The molecule has 0 bridgehead atoms. The van der Waals surface area contributed by atoms with Crippen molar-refractivity contribution in [3.05, 3.63) is 53.1 Å². The Balaban J connectivity index is 1.39. The van der Waals surface area contributed by atoms with Crippen LogP contribution >= 0.6 is 11.6 Å². The molecule has 166 valence electrons. The number of likely N-dealkylation sites (tertiary alicyclic amines) is 1. The minimum Gasteiger partial charge on any atom is -0.465 e. The van der Waals surface area contributed by atoms with E-state index in [9.17, 15) is 14.0 Å². The van der Waals surface area contributed by atoms with Gasteiger partial charge in [0.1, 0.15) is 17.3 Å². The first-order valence-electron chi connectivity index (χ1n) is 10.3. The molecule has 0 aliphatic carbocycles. The zero-order valence-corrected chi connectivity index (χ0v) is 17.7. The lowest BCUT2D eigenvalue weighted by Gasteiger charge is -2.35. The number of amides is 2. The van der Waals surface area contributed by atoms with Crippen molar-refractivity contribution in [1.82, 2.24) is 19.5 Å². The van der Waals surface area contributed by atoms with Crippen LogP contribution in [0.1, 0.15) is 24.4 Å². The van der Waals surface area contributed by atoms with Crippen molar-refractivity contribution in [1.29, 1.82) is 0 Å². The van der Waals surface area contributed by atoms with Crippen LogP contribution in [0.3, 0.4) is 0 Å². The summed E-state index contributed by atoms with van der Waals surface area (Å²) < 4.78 is 15.4. The molecule has 32 heavy (non-hydrogen) atoms. The molecule has 5 rings (SSSR count). The summed E-state index contributed by atoms with van der Waals surface area (Å²) in [5.74, 6) is -0.326. The molecule has 1 atom stereocenters. The number of halogens is 2. The maximum absolute atomic E-state index is 13.9. The third-order valence-electron chi connectivity index (χ3n) is 6.00. The summed E-state index contributed by atoms with van der Waals surface area (Å²) in [7, 11) is 0. The number of carboxylic acid groups (broad SMARTS) is 1. The van der Waals surface area contributed by atoms with E-state index in [0.717, 1.165) is 24.9 Å². The fraction of sp³-hybridized carbons (Fsp3) is 0.333. The van der Waals surface area contributed by atoms with E-state index in [-0.39, 0.29) is 30.9 Å². The molecule has 1 unspecified atom stereocenters. The van der Waals surface area contributed by atoms with Gasteiger partial charge in [-0.15, -0.1) is 0 Å². The summed E-state index contributed by atoms with van der Waals surface area (Å²) in [5.41, 5.74) is 1.65. The van der Waals surface area contributed by atoms with Crippen LogP contribution < -0.4 is 10.2 Å². The number of hydrogen-bond donors (Lipinski definition) is 2. The lowest BCUT2D eigenvalue weighted by Crippen LogP contribution is -2.53. The van der Waals surface area contributed by atoms with Crippen LogP contribution in [0, 0.1) is 11.7 Å². The van der Waals surface area contributed by atoms with Gasteiger partial charge in [0.2, 0.25) is 5.91 Å². The van der Waals surface area contributed by atoms with E-state index in [1.54, 1.807) is 16.8 Å². The van der Waals surface area contributed by atoms with Crippen molar-refractivity contribution < 1.29 is 19.1 Å². The van der Waals surface area contributed by atoms with E-state index < -0.39 is 12.0 Å². The fourth-order valence-corrected chi connectivity index (χ4v) is 4.52. The topological polar surface area (TPSA) is 103 Å². The first kappa shape index (κ1) is 20.5. The maximum Gasteiger partial charge on any atom is 0.407 e. The highest BCUT2D eigenvalue weighted by atomic mass is 35.5. The molecule has 2 aliphatic rings. The third-order valence-corrected chi connectivity index (χ3v) is 6.34. The minimum absolute atomic E-state index is 0.105. The summed E-state index contributed by atoms with van der Waals surface area (Å²) in [6.45, 7) is 1.08. The lowest BCUT2D eigenvalue weighted by atomic mass is 10.00. The molecule has 0 spiro atoms. The molecule has 0 saturated carbocycles. The molecule has 9 nitrogen and oxygen atoms in total. The van der Waals surface area contributed by atoms with Crippen molar-refractivity contribution >= 4 is 40.8 Å². The normalized spacial score (nSPS) is 18.8. The molecule has 2 aromatic heterocycles. The Labute approximate surface area is 187 Å². The molecule has 1 aromatic carbocycles. The second-order valence-electron chi connectivity index (χ2n) is 8.00. The number of carbonyl (C=O) groups excluding carboxylic acids is 1. The highest BCUT2D eigenvalue weighted by Gasteiger charge is 2.36. The zero-order chi connectivity index (χ0) is 22.4. The molecule has 11 heteroatoms. The average Bonchev–Trinajstić information content (AvgIpc) is 3.35. The molecule has 0 radical (unpaired) electrons. The second kappa shape index (κ2) is 7.94. The van der Waals surface area contributed by atoms with Gasteiger partial charge in [-0.3, -0.25) is 4.79 Å². The number of nitrogens with zero attached hydrogens (tertiary/aromatic N) is 5. The van der Waals surface area contributed by atoms with Gasteiger partial charge in [-0.1, -0.05) is 11.6 Å². The Morgan fingerprint density at radius 3 is 2.84 bits per heavy atom. The summed E-state index contributed by atoms with van der Waals surface area (Å²) in [6, 6.07) is 6.09. The fourth-order valence-electron chi connectivity index (χ4n) is 4.28. The molecule has 3 aromatic rings. The van der Waals surface area contributed by atoms with E-state index in [1.165, 1.54) is 23.2 Å². The van der Waals surface area contributed by atoms with Crippen molar-refractivity contribution in [2.75, 3.05) is 29.9 Å². The molecule has 2 saturated heterocycles. The quantitative estimate of drug-likeness (QED) is 0.621. The van der Waals surface area contributed by atoms with Gasteiger partial charge >= 0.3 is 6.09 Å². The van der Waals surface area contributed by atoms with E-state index in [2.05, 4.69) is 15.3 Å². The van der Waals surface area contributed by atoms with Crippen LogP contribution in [0.15, 0.2) is 36.7 Å². The van der Waals surface area contributed by atoms with E-state index in [4.69, 9.17) is 21.7 Å². The van der Waals surface area contributed by atoms with Gasteiger partial charge in [0.05, 0.1) is 18.2 Å². The first-order chi connectivity index (χ1) is 15.4. The van der Waals surface area contributed by atoms with Gasteiger partial charge in [0.25, 0.3) is 0 Å². The van der Waals surface area contributed by atoms with Gasteiger partial charge in [0.15, 0.2) is 5.65 Å². The first-order valence-corrected chi connectivity index (χ1v) is 10.6. The highest BCUT2D eigenvalue weighted by Crippen LogP contribution is 2.38. The summed E-state index contributed by atoms with van der Waals surface area (Å²) in [4.78, 5) is 31.4. The molecule has 2 aliphatic heterocycles. The predicted molar refractivity (Wildman–Crippen MR) is 115 cm³/mol. The van der Waals surface area contributed by atoms with E-state index >= 15 is 0 Å². The van der Waals surface area contributed by atoms with Crippen LogP contribution in [0.2, 0.25) is 5.02 Å². The van der Waals surface area contributed by atoms with Crippen molar-refractivity contribution in [3.8, 4) is 0 Å². The van der Waals surface area contributed by atoms with Crippen LogP contribution in [0.5, 0.6) is 0 Å². The summed E-state index contributed by atoms with van der Waals surface area (Å²) in [6.07, 6.45) is 3.97. The minimum atomic E-state index is -1.03. The zero-order valence-electron chi connectivity index (χ0n) is 16.9. The Morgan fingerprint density at radius 2 is 2.06 bits per heavy atom. The Morgan fingerprint density at radius 1 is 1.25 bits per heavy atom. The number of benzene rings is 1. The van der Waals surface area contributed by atoms with Gasteiger partial charge in [0, 0.05) is 30.9 Å². The largest absolute Gasteiger partial charge is 0.465 e. The van der Waals surface area contributed by atoms with Gasteiger partial charge in [-0.25, -0.2) is 18.7 Å². The molecular formula is C21H20ClFN6O3. The van der Waals surface area contributed by atoms with E-state index in [0.29, 0.717) is 22.2 Å². The van der Waals surface area contributed by atoms with E-state index in [1.807, 2.05) is 6.07 Å². The number of hydrogen-bond acceptors (Lipinski definition) is 5. The Hall–Kier alpha value is -3.40. The molecule has 2 fully saturated rings.